The molecule has 4 heterocycles. The van der Waals surface area contributed by atoms with E-state index in [-0.39, 0.29) is 48.6 Å². The summed E-state index contributed by atoms with van der Waals surface area (Å²) in [5.74, 6) is -6.52. The molecule has 0 unspecified atom stereocenters. The number of amides is 2. The molecule has 6 aliphatic rings. The molecule has 2 aromatic rings. The number of pyridine rings is 2. The highest BCUT2D eigenvalue weighted by atomic mass is 32.2. The molecule has 4 saturated carbocycles. The number of nitrogens with one attached hydrogen (secondary N) is 2. The van der Waals surface area contributed by atoms with Crippen molar-refractivity contribution < 1.29 is 27.2 Å². The van der Waals surface area contributed by atoms with Crippen molar-refractivity contribution in [2.45, 2.75) is 85.8 Å². The first kappa shape index (κ1) is 31.6. The van der Waals surface area contributed by atoms with Gasteiger partial charge in [-0.1, -0.05) is 23.5 Å². The molecule has 46 heavy (non-hydrogen) atoms. The SMILES string of the molecule is C[C@@]1(c2ccncc2)SC(=N[C@H]2C[C@H]3C[C@@H]2CC3(F)F)NC1=O.C[C@]1(c2ccncc2)SC(=N[C@H]2C[C@H]3C[C@@H]2CC3(F)F)NC1=O. The Morgan fingerprint density at radius 3 is 1.35 bits per heavy atom. The maximum absolute atomic E-state index is 13.6. The number of halogens is 4. The normalized spacial score (nSPS) is 39.9. The molecule has 14 heteroatoms. The van der Waals surface area contributed by atoms with E-state index >= 15 is 0 Å². The average Bonchev–Trinajstić information content (AvgIpc) is 3.84. The molecule has 2 aromatic heterocycles. The minimum atomic E-state index is -2.53. The lowest BCUT2D eigenvalue weighted by Crippen LogP contribution is -2.33. The van der Waals surface area contributed by atoms with Gasteiger partial charge in [-0.2, -0.15) is 0 Å². The van der Waals surface area contributed by atoms with Gasteiger partial charge in [0.1, 0.15) is 9.49 Å². The highest BCUT2D eigenvalue weighted by Gasteiger charge is 2.58. The van der Waals surface area contributed by atoms with Crippen LogP contribution in [0.15, 0.2) is 59.0 Å². The Bertz CT molecular complexity index is 1480. The molecule has 8 rings (SSSR count). The van der Waals surface area contributed by atoms with Crippen LogP contribution in [0.4, 0.5) is 17.6 Å². The topological polar surface area (TPSA) is 109 Å². The summed E-state index contributed by atoms with van der Waals surface area (Å²) in [5, 5.41) is 6.73. The van der Waals surface area contributed by atoms with Gasteiger partial charge < -0.3 is 10.6 Å². The van der Waals surface area contributed by atoms with Gasteiger partial charge in [-0.3, -0.25) is 29.5 Å². The molecule has 0 aromatic carbocycles. The number of thioether (sulfide) groups is 2. The minimum Gasteiger partial charge on any atom is -0.304 e. The quantitative estimate of drug-likeness (QED) is 0.391. The number of amidine groups is 2. The van der Waals surface area contributed by atoms with Gasteiger partial charge in [0, 0.05) is 49.5 Å². The van der Waals surface area contributed by atoms with Crippen molar-refractivity contribution in [2.24, 2.45) is 33.7 Å². The fourth-order valence-electron chi connectivity index (χ4n) is 7.78. The highest BCUT2D eigenvalue weighted by molar-refractivity contribution is 8.16. The fraction of sp³-hybridized carbons (Fsp3) is 0.562. The van der Waals surface area contributed by atoms with Crippen molar-refractivity contribution in [3.63, 3.8) is 0 Å². The second-order valence-electron chi connectivity index (χ2n) is 13.4. The first-order chi connectivity index (χ1) is 21.8. The van der Waals surface area contributed by atoms with Crippen molar-refractivity contribution in [2.75, 3.05) is 0 Å². The first-order valence-electron chi connectivity index (χ1n) is 15.5. The summed E-state index contributed by atoms with van der Waals surface area (Å²) in [6.07, 6.45) is 8.42. The summed E-state index contributed by atoms with van der Waals surface area (Å²) in [4.78, 5) is 41.9. The standard InChI is InChI=1S/2C16H17F2N3OS/c2*1-15(10-2-4-19-5-3-10)13(22)21-14(23-15)20-12-7-11-6-9(12)8-16(11,17)18/h2*2-5,9,11-12H,6-8H2,1H3,(H,20,21,22)/t9-,11-,12+,15+;9-,11-,12+,15-/m11/s1. The summed E-state index contributed by atoms with van der Waals surface area (Å²) < 4.78 is 52.9. The van der Waals surface area contributed by atoms with Crippen LogP contribution in [0, 0.1) is 23.7 Å². The average molecular weight is 675 g/mol. The van der Waals surface area contributed by atoms with Crippen molar-refractivity contribution in [3.05, 3.63) is 60.2 Å². The number of aliphatic imine (C=N–C) groups is 2. The lowest BCUT2D eigenvalue weighted by Gasteiger charge is -2.25. The minimum absolute atomic E-state index is 0.0622. The lowest BCUT2D eigenvalue weighted by molar-refractivity contribution is -0.122. The van der Waals surface area contributed by atoms with Crippen LogP contribution >= 0.6 is 23.5 Å². The Hall–Kier alpha value is -3.00. The largest absolute Gasteiger partial charge is 0.304 e. The lowest BCUT2D eigenvalue weighted by atomic mass is 9.93. The molecule has 4 bridgehead atoms. The second kappa shape index (κ2) is 11.3. The van der Waals surface area contributed by atoms with E-state index in [1.165, 1.54) is 23.5 Å². The Balaban J connectivity index is 0.000000147. The number of aromatic nitrogens is 2. The number of hydrogen-bond acceptors (Lipinski definition) is 8. The fourth-order valence-corrected chi connectivity index (χ4v) is 10.0. The number of carbonyl (C=O) groups excluding carboxylic acids is 2. The van der Waals surface area contributed by atoms with Crippen molar-refractivity contribution in [1.82, 2.24) is 20.6 Å². The number of hydrogen-bond donors (Lipinski definition) is 2. The highest BCUT2D eigenvalue weighted by Crippen LogP contribution is 2.56. The van der Waals surface area contributed by atoms with Crippen LogP contribution in [0.2, 0.25) is 0 Å². The number of carbonyl (C=O) groups is 2. The van der Waals surface area contributed by atoms with E-state index in [2.05, 4.69) is 30.6 Å². The summed E-state index contributed by atoms with van der Waals surface area (Å²) >= 11 is 2.72. The molecule has 2 N–H and O–H groups in total. The molecule has 0 spiro atoms. The molecule has 2 amide bonds. The Labute approximate surface area is 272 Å². The second-order valence-corrected chi connectivity index (χ2v) is 16.3. The summed E-state index contributed by atoms with van der Waals surface area (Å²) in [7, 11) is 0. The molecule has 8 nitrogen and oxygen atoms in total. The number of alkyl halides is 4. The van der Waals surface area contributed by atoms with Gasteiger partial charge in [0.05, 0.1) is 12.1 Å². The molecular formula is C32H34F4N6O2S2. The van der Waals surface area contributed by atoms with Crippen LogP contribution in [-0.4, -0.2) is 56.0 Å². The number of fused-ring (bicyclic) bond motifs is 4. The van der Waals surface area contributed by atoms with Crippen LogP contribution in [0.3, 0.4) is 0 Å². The zero-order valence-corrected chi connectivity index (χ0v) is 26.9. The van der Waals surface area contributed by atoms with Crippen LogP contribution in [-0.2, 0) is 19.1 Å². The zero-order chi connectivity index (χ0) is 32.5. The third-order valence-electron chi connectivity index (χ3n) is 10.5. The van der Waals surface area contributed by atoms with Crippen LogP contribution in [0.25, 0.3) is 0 Å². The molecule has 8 atom stereocenters. The molecular weight excluding hydrogens is 641 g/mol. The van der Waals surface area contributed by atoms with Gasteiger partial charge in [0.15, 0.2) is 10.3 Å². The van der Waals surface area contributed by atoms with Gasteiger partial charge in [-0.15, -0.1) is 0 Å². The monoisotopic (exact) mass is 674 g/mol. The maximum Gasteiger partial charge on any atom is 0.251 e. The molecule has 0 radical (unpaired) electrons. The van der Waals surface area contributed by atoms with Crippen LogP contribution < -0.4 is 10.6 Å². The third-order valence-corrected chi connectivity index (χ3v) is 13.0. The third kappa shape index (κ3) is 5.52. The molecule has 6 fully saturated rings. The molecule has 2 aliphatic heterocycles. The van der Waals surface area contributed by atoms with Gasteiger partial charge in [-0.25, -0.2) is 17.6 Å². The van der Waals surface area contributed by atoms with Crippen molar-refractivity contribution in [3.8, 4) is 0 Å². The van der Waals surface area contributed by atoms with Crippen LogP contribution in [0.5, 0.6) is 0 Å². The first-order valence-corrected chi connectivity index (χ1v) is 17.1. The van der Waals surface area contributed by atoms with Crippen LogP contribution in [0.1, 0.15) is 63.5 Å². The summed E-state index contributed by atoms with van der Waals surface area (Å²) in [5.41, 5.74) is 1.72. The van der Waals surface area contributed by atoms with E-state index in [1.807, 2.05) is 38.1 Å². The van der Waals surface area contributed by atoms with Crippen molar-refractivity contribution >= 4 is 45.7 Å². The van der Waals surface area contributed by atoms with E-state index in [1.54, 1.807) is 24.8 Å². The van der Waals surface area contributed by atoms with Gasteiger partial charge in [0.2, 0.25) is 11.8 Å². The smallest absolute Gasteiger partial charge is 0.251 e. The predicted molar refractivity (Wildman–Crippen MR) is 169 cm³/mol. The summed E-state index contributed by atoms with van der Waals surface area (Å²) in [6.45, 7) is 3.69. The Morgan fingerprint density at radius 1 is 0.674 bits per heavy atom. The Morgan fingerprint density at radius 2 is 1.04 bits per heavy atom. The van der Waals surface area contributed by atoms with Crippen molar-refractivity contribution in [1.29, 1.82) is 0 Å². The van der Waals surface area contributed by atoms with Gasteiger partial charge in [-0.05, 0) is 86.8 Å². The molecule has 4 aliphatic carbocycles. The zero-order valence-electron chi connectivity index (χ0n) is 25.3. The number of nitrogens with zero attached hydrogens (tertiary/aromatic N) is 4. The van der Waals surface area contributed by atoms with E-state index < -0.39 is 33.2 Å². The maximum atomic E-state index is 13.6. The van der Waals surface area contributed by atoms with E-state index in [4.69, 9.17) is 0 Å². The molecule has 2 saturated heterocycles. The summed E-state index contributed by atoms with van der Waals surface area (Å²) in [6, 6.07) is 7.06. The molecule has 244 valence electrons. The van der Waals surface area contributed by atoms with Gasteiger partial charge in [0.25, 0.3) is 11.8 Å². The van der Waals surface area contributed by atoms with E-state index in [0.29, 0.717) is 36.0 Å². The predicted octanol–water partition coefficient (Wildman–Crippen LogP) is 5.90. The van der Waals surface area contributed by atoms with Gasteiger partial charge >= 0.3 is 0 Å². The Kier molecular flexibility index (Phi) is 7.77. The van der Waals surface area contributed by atoms with E-state index in [0.717, 1.165) is 11.1 Å². The number of rotatable bonds is 4. The van der Waals surface area contributed by atoms with E-state index in [9.17, 15) is 27.2 Å².